The number of halogens is 1. The number of hydrogen-bond acceptors (Lipinski definition) is 3. The Morgan fingerprint density at radius 3 is 2.77 bits per heavy atom. The second kappa shape index (κ2) is 7.80. The number of rotatable bonds is 3. The first kappa shape index (κ1) is 18.9. The van der Waals surface area contributed by atoms with Crippen molar-refractivity contribution in [3.8, 4) is 11.5 Å². The highest BCUT2D eigenvalue weighted by atomic mass is 127. The first-order valence-corrected chi connectivity index (χ1v) is 9.19. The molecule has 0 atom stereocenters. The molecule has 0 N–H and O–H groups in total. The van der Waals surface area contributed by atoms with Crippen molar-refractivity contribution in [3.63, 3.8) is 0 Å². The number of allylic oxidation sites excluding steroid dienone is 2. The van der Waals surface area contributed by atoms with Crippen LogP contribution >= 0.6 is 11.3 Å². The summed E-state index contributed by atoms with van der Waals surface area (Å²) in [4.78, 5) is 0. The highest BCUT2D eigenvalue weighted by molar-refractivity contribution is 7.18. The Morgan fingerprint density at radius 2 is 2.00 bits per heavy atom. The lowest BCUT2D eigenvalue weighted by Gasteiger charge is -2.17. The van der Waals surface area contributed by atoms with Crippen molar-refractivity contribution in [1.29, 1.82) is 0 Å². The molecule has 1 aliphatic rings. The average Bonchev–Trinajstić information content (AvgIpc) is 2.97. The molecule has 0 unspecified atom stereocenters. The van der Waals surface area contributed by atoms with Gasteiger partial charge in [0.1, 0.15) is 28.5 Å². The molecule has 1 aliphatic heterocycles. The van der Waals surface area contributed by atoms with E-state index in [0.717, 1.165) is 29.4 Å². The van der Waals surface area contributed by atoms with Crippen LogP contribution in [0.2, 0.25) is 0 Å². The maximum atomic E-state index is 6.10. The fourth-order valence-electron chi connectivity index (χ4n) is 3.16. The third kappa shape index (κ3) is 3.38. The van der Waals surface area contributed by atoms with E-state index in [1.165, 1.54) is 20.8 Å². The van der Waals surface area contributed by atoms with Crippen LogP contribution in [0.3, 0.4) is 0 Å². The Bertz CT molecular complexity index is 1020. The smallest absolute Gasteiger partial charge is 0.266 e. The molecule has 0 saturated heterocycles. The second-order valence-electron chi connectivity index (χ2n) is 5.99. The van der Waals surface area contributed by atoms with E-state index >= 15 is 0 Å². The van der Waals surface area contributed by atoms with Crippen molar-refractivity contribution in [2.75, 3.05) is 7.11 Å². The lowest BCUT2D eigenvalue weighted by molar-refractivity contribution is -0.665. The van der Waals surface area contributed by atoms with Gasteiger partial charge in [0.15, 0.2) is 0 Å². The summed E-state index contributed by atoms with van der Waals surface area (Å²) >= 11 is 1.77. The first-order valence-electron chi connectivity index (χ1n) is 8.37. The third-order valence-electron chi connectivity index (χ3n) is 4.42. The average molecular weight is 477 g/mol. The first-order chi connectivity index (χ1) is 12.2. The molecular weight excluding hydrogens is 457 g/mol. The molecule has 134 valence electrons. The molecule has 0 aliphatic carbocycles. The van der Waals surface area contributed by atoms with Gasteiger partial charge in [0.25, 0.3) is 5.01 Å². The number of aryl methyl sites for hydroxylation is 1. The maximum Gasteiger partial charge on any atom is 0.266 e. The maximum absolute atomic E-state index is 6.10. The number of para-hydroxylation sites is 1. The van der Waals surface area contributed by atoms with Gasteiger partial charge in [-0.3, -0.25) is 0 Å². The van der Waals surface area contributed by atoms with Crippen molar-refractivity contribution in [2.24, 2.45) is 0 Å². The van der Waals surface area contributed by atoms with Crippen LogP contribution in [0.25, 0.3) is 21.9 Å². The topological polar surface area (TPSA) is 22.3 Å². The minimum absolute atomic E-state index is 0. The van der Waals surface area contributed by atoms with E-state index in [0.29, 0.717) is 0 Å². The Hall–Kier alpha value is -1.86. The number of thiazole rings is 1. The van der Waals surface area contributed by atoms with E-state index in [2.05, 4.69) is 48.8 Å². The fraction of sp³-hybridized carbons (Fsp3) is 0.190. The van der Waals surface area contributed by atoms with Gasteiger partial charge in [-0.25, -0.2) is 0 Å². The van der Waals surface area contributed by atoms with Crippen molar-refractivity contribution in [2.45, 2.75) is 20.4 Å². The van der Waals surface area contributed by atoms with Gasteiger partial charge in [-0.15, -0.1) is 0 Å². The molecule has 2 heterocycles. The van der Waals surface area contributed by atoms with Crippen molar-refractivity contribution in [3.05, 3.63) is 64.9 Å². The fourth-order valence-corrected chi connectivity index (χ4v) is 4.31. The lowest BCUT2D eigenvalue weighted by Crippen LogP contribution is -3.00. The number of nitrogens with zero attached hydrogens (tertiary/aromatic N) is 1. The molecule has 0 fully saturated rings. The summed E-state index contributed by atoms with van der Waals surface area (Å²) in [6.07, 6.45) is 4.23. The Morgan fingerprint density at radius 1 is 1.19 bits per heavy atom. The largest absolute Gasteiger partial charge is 1.00 e. The number of hydrogen-bond donors (Lipinski definition) is 0. The molecule has 0 amide bonds. The minimum Gasteiger partial charge on any atom is -1.00 e. The Kier molecular flexibility index (Phi) is 5.67. The van der Waals surface area contributed by atoms with Gasteiger partial charge in [-0.05, 0) is 43.7 Å². The number of methoxy groups -OCH3 is 1. The molecule has 2 aromatic carbocycles. The predicted octanol–water partition coefficient (Wildman–Crippen LogP) is 2.06. The second-order valence-corrected chi connectivity index (χ2v) is 7.05. The van der Waals surface area contributed by atoms with Crippen LogP contribution in [0.4, 0.5) is 0 Å². The van der Waals surface area contributed by atoms with E-state index < -0.39 is 0 Å². The highest BCUT2D eigenvalue weighted by Crippen LogP contribution is 2.34. The summed E-state index contributed by atoms with van der Waals surface area (Å²) in [5, 5.41) is 1.17. The van der Waals surface area contributed by atoms with E-state index in [1.54, 1.807) is 18.4 Å². The van der Waals surface area contributed by atoms with Gasteiger partial charge < -0.3 is 33.5 Å². The van der Waals surface area contributed by atoms with Gasteiger partial charge in [0.05, 0.1) is 19.3 Å². The molecule has 0 radical (unpaired) electrons. The molecule has 3 aromatic rings. The van der Waals surface area contributed by atoms with Gasteiger partial charge in [-0.2, -0.15) is 4.57 Å². The number of fused-ring (bicyclic) bond motifs is 2. The van der Waals surface area contributed by atoms with Crippen LogP contribution < -0.4 is 38.0 Å². The molecule has 1 aromatic heterocycles. The van der Waals surface area contributed by atoms with E-state index in [9.17, 15) is 0 Å². The summed E-state index contributed by atoms with van der Waals surface area (Å²) in [5.41, 5.74) is 3.57. The minimum atomic E-state index is 0. The molecule has 3 nitrogen and oxygen atoms in total. The summed E-state index contributed by atoms with van der Waals surface area (Å²) in [7, 11) is 1.70. The van der Waals surface area contributed by atoms with Crippen LogP contribution in [0, 0.1) is 0 Å². The quantitative estimate of drug-likeness (QED) is 0.426. The van der Waals surface area contributed by atoms with Gasteiger partial charge in [0.2, 0.25) is 5.52 Å². The predicted molar refractivity (Wildman–Crippen MR) is 103 cm³/mol. The highest BCUT2D eigenvalue weighted by Gasteiger charge is 2.20. The summed E-state index contributed by atoms with van der Waals surface area (Å²) in [6.45, 7) is 5.18. The third-order valence-corrected chi connectivity index (χ3v) is 5.53. The zero-order valence-corrected chi connectivity index (χ0v) is 17.9. The molecule has 26 heavy (non-hydrogen) atoms. The lowest BCUT2D eigenvalue weighted by atomic mass is 10.0. The van der Waals surface area contributed by atoms with Gasteiger partial charge in [0, 0.05) is 5.56 Å². The number of benzene rings is 2. The molecule has 0 saturated carbocycles. The summed E-state index contributed by atoms with van der Waals surface area (Å²) < 4.78 is 15.0. The SMILES string of the molecule is CC[n+]1c(/C=C2\C=C(C)c3ccccc3O2)sc2ccc(OC)cc21.[I-]. The molecular formula is C21H20INO2S. The van der Waals surface area contributed by atoms with E-state index in [1.807, 2.05) is 24.3 Å². The van der Waals surface area contributed by atoms with Crippen LogP contribution in [0.5, 0.6) is 11.5 Å². The van der Waals surface area contributed by atoms with Crippen molar-refractivity contribution >= 4 is 33.2 Å². The monoisotopic (exact) mass is 477 g/mol. The Balaban J connectivity index is 0.00000196. The Labute approximate surface area is 174 Å². The van der Waals surface area contributed by atoms with E-state index in [-0.39, 0.29) is 24.0 Å². The van der Waals surface area contributed by atoms with Crippen LogP contribution in [-0.2, 0) is 6.54 Å². The van der Waals surface area contributed by atoms with Gasteiger partial charge in [-0.1, -0.05) is 29.5 Å². The standard InChI is InChI=1S/C21H20NO2S.HI/c1-4-22-18-12-15(23-3)9-10-20(18)25-21(22)13-16-11-14(2)17-7-5-6-8-19(17)24-16;/h5-13H,4H2,1-3H3;1H/q+1;/p-1/b16-13+;. The van der Waals surface area contributed by atoms with Crippen LogP contribution in [0.15, 0.2) is 54.3 Å². The zero-order chi connectivity index (χ0) is 17.4. The van der Waals surface area contributed by atoms with E-state index in [4.69, 9.17) is 9.47 Å². The number of aromatic nitrogens is 1. The zero-order valence-electron chi connectivity index (χ0n) is 15.0. The van der Waals surface area contributed by atoms with Crippen LogP contribution in [0.1, 0.15) is 24.4 Å². The summed E-state index contributed by atoms with van der Waals surface area (Å²) in [5.74, 6) is 2.67. The number of ether oxygens (including phenoxy) is 2. The molecule has 5 heteroatoms. The van der Waals surface area contributed by atoms with Gasteiger partial charge >= 0.3 is 0 Å². The normalized spacial score (nSPS) is 14.4. The van der Waals surface area contributed by atoms with Crippen LogP contribution in [-0.4, -0.2) is 7.11 Å². The molecule has 4 rings (SSSR count). The molecule has 0 bridgehead atoms. The van der Waals surface area contributed by atoms with Crippen molar-refractivity contribution < 1.29 is 38.0 Å². The molecule has 0 spiro atoms. The summed E-state index contributed by atoms with van der Waals surface area (Å²) in [6, 6.07) is 14.4. The van der Waals surface area contributed by atoms with Crippen molar-refractivity contribution in [1.82, 2.24) is 0 Å².